The summed E-state index contributed by atoms with van der Waals surface area (Å²) in [7, 11) is 4.12. The van der Waals surface area contributed by atoms with E-state index in [2.05, 4.69) is 50.2 Å². The number of benzene rings is 2. The van der Waals surface area contributed by atoms with Gasteiger partial charge in [0.2, 0.25) is 0 Å². The van der Waals surface area contributed by atoms with Crippen molar-refractivity contribution in [2.75, 3.05) is 20.6 Å². The highest BCUT2D eigenvalue weighted by Gasteiger charge is 2.37. The molecule has 0 spiro atoms. The Labute approximate surface area is 169 Å². The van der Waals surface area contributed by atoms with Crippen molar-refractivity contribution in [2.24, 2.45) is 5.92 Å². The van der Waals surface area contributed by atoms with E-state index in [0.717, 1.165) is 22.9 Å². The van der Waals surface area contributed by atoms with Gasteiger partial charge in [-0.25, -0.2) is 0 Å². The second-order valence-corrected chi connectivity index (χ2v) is 9.57. The molecule has 2 nitrogen and oxygen atoms in total. The summed E-state index contributed by atoms with van der Waals surface area (Å²) in [5.41, 5.74) is 0.961. The molecule has 0 aliphatic heterocycles. The second kappa shape index (κ2) is 9.27. The number of hydrogen-bond donors (Lipinski definition) is 1. The van der Waals surface area contributed by atoms with Crippen LogP contribution >= 0.6 is 11.8 Å². The van der Waals surface area contributed by atoms with Gasteiger partial charge in [0.15, 0.2) is 0 Å². The van der Waals surface area contributed by atoms with E-state index in [1.807, 2.05) is 42.1 Å². The summed E-state index contributed by atoms with van der Waals surface area (Å²) in [6.45, 7) is 2.96. The molecule has 2 unspecified atom stereocenters. The van der Waals surface area contributed by atoms with E-state index >= 15 is 0 Å². The highest BCUT2D eigenvalue weighted by atomic mass is 32.2. The van der Waals surface area contributed by atoms with Crippen LogP contribution in [0.5, 0.6) is 0 Å². The molecule has 1 aliphatic rings. The highest BCUT2D eigenvalue weighted by molar-refractivity contribution is 8.00. The first-order chi connectivity index (χ1) is 13.0. The van der Waals surface area contributed by atoms with Crippen molar-refractivity contribution < 1.29 is 5.11 Å². The van der Waals surface area contributed by atoms with Crippen molar-refractivity contribution in [3.8, 4) is 0 Å². The lowest BCUT2D eigenvalue weighted by molar-refractivity contribution is 0.0134. The summed E-state index contributed by atoms with van der Waals surface area (Å²) in [6.07, 6.45) is 6.79. The average Bonchev–Trinajstić information content (AvgIpc) is 2.69. The van der Waals surface area contributed by atoms with Crippen molar-refractivity contribution in [1.82, 2.24) is 4.90 Å². The molecule has 0 amide bonds. The fourth-order valence-electron chi connectivity index (χ4n) is 4.27. The van der Waals surface area contributed by atoms with Gasteiger partial charge in [0, 0.05) is 22.6 Å². The van der Waals surface area contributed by atoms with Crippen LogP contribution in [0.1, 0.15) is 50.2 Å². The number of thioether (sulfide) groups is 1. The molecule has 0 heterocycles. The van der Waals surface area contributed by atoms with E-state index in [1.54, 1.807) is 0 Å². The van der Waals surface area contributed by atoms with Crippen LogP contribution in [0.25, 0.3) is 0 Å². The predicted molar refractivity (Wildman–Crippen MR) is 116 cm³/mol. The van der Waals surface area contributed by atoms with Crippen molar-refractivity contribution in [2.45, 2.75) is 54.8 Å². The quantitative estimate of drug-likeness (QED) is 0.678. The number of rotatable bonds is 7. The molecule has 3 rings (SSSR count). The minimum absolute atomic E-state index is 0.0757. The Bertz CT molecular complexity index is 694. The van der Waals surface area contributed by atoms with Crippen molar-refractivity contribution in [3.05, 3.63) is 65.7 Å². The lowest BCUT2D eigenvalue weighted by Gasteiger charge is -2.37. The van der Waals surface area contributed by atoms with Crippen molar-refractivity contribution in [1.29, 1.82) is 0 Å². The Morgan fingerprint density at radius 1 is 0.963 bits per heavy atom. The SMILES string of the molecule is CC(CN(C)C)C(O)(c1ccccc1)c1ccc(SC2CCCCC2)cc1. The minimum Gasteiger partial charge on any atom is -0.380 e. The Kier molecular flexibility index (Phi) is 7.02. The summed E-state index contributed by atoms with van der Waals surface area (Å²) in [4.78, 5) is 3.47. The molecule has 0 aromatic heterocycles. The summed E-state index contributed by atoms with van der Waals surface area (Å²) in [5.74, 6) is 0.0757. The molecular formula is C24H33NOS. The zero-order chi connectivity index (χ0) is 19.3. The van der Waals surface area contributed by atoms with Gasteiger partial charge in [-0.05, 0) is 50.2 Å². The molecule has 0 bridgehead atoms. The smallest absolute Gasteiger partial charge is 0.118 e. The maximum Gasteiger partial charge on any atom is 0.118 e. The van der Waals surface area contributed by atoms with Crippen LogP contribution in [-0.2, 0) is 5.60 Å². The van der Waals surface area contributed by atoms with Crippen LogP contribution in [0.3, 0.4) is 0 Å². The molecule has 27 heavy (non-hydrogen) atoms. The second-order valence-electron chi connectivity index (χ2n) is 8.20. The van der Waals surface area contributed by atoms with Gasteiger partial charge in [-0.1, -0.05) is 68.7 Å². The van der Waals surface area contributed by atoms with E-state index in [1.165, 1.54) is 37.0 Å². The fourth-order valence-corrected chi connectivity index (χ4v) is 5.52. The first-order valence-corrected chi connectivity index (χ1v) is 11.1. The summed E-state index contributed by atoms with van der Waals surface area (Å²) in [5, 5.41) is 12.6. The first kappa shape index (κ1) is 20.4. The maximum absolute atomic E-state index is 11.9. The third-order valence-corrected chi connectivity index (χ3v) is 7.06. The summed E-state index contributed by atoms with van der Waals surface area (Å²) < 4.78 is 0. The van der Waals surface area contributed by atoms with E-state index in [-0.39, 0.29) is 5.92 Å². The maximum atomic E-state index is 11.9. The Morgan fingerprint density at radius 2 is 1.56 bits per heavy atom. The molecule has 2 aromatic rings. The third kappa shape index (κ3) is 4.96. The van der Waals surface area contributed by atoms with Gasteiger partial charge in [-0.3, -0.25) is 0 Å². The standard InChI is InChI=1S/C24H33NOS/c1-19(18-25(2)3)24(26,20-10-6-4-7-11-20)21-14-16-23(17-15-21)27-22-12-8-5-9-13-22/h4,6-7,10-11,14-17,19,22,26H,5,8-9,12-13,18H2,1-3H3. The Hall–Kier alpha value is -1.29. The molecule has 1 fully saturated rings. The average molecular weight is 384 g/mol. The molecule has 3 heteroatoms. The van der Waals surface area contributed by atoms with Gasteiger partial charge in [0.25, 0.3) is 0 Å². The Balaban J connectivity index is 1.85. The van der Waals surface area contributed by atoms with E-state index in [4.69, 9.17) is 0 Å². The van der Waals surface area contributed by atoms with Gasteiger partial charge < -0.3 is 10.0 Å². The fraction of sp³-hybridized carbons (Fsp3) is 0.500. The monoisotopic (exact) mass is 383 g/mol. The van der Waals surface area contributed by atoms with E-state index in [0.29, 0.717) is 0 Å². The number of nitrogens with zero attached hydrogens (tertiary/aromatic N) is 1. The normalized spacial score (nSPS) is 19.0. The van der Waals surface area contributed by atoms with Gasteiger partial charge >= 0.3 is 0 Å². The van der Waals surface area contributed by atoms with Gasteiger partial charge in [0.1, 0.15) is 5.60 Å². The molecule has 0 saturated heterocycles. The highest BCUT2D eigenvalue weighted by Crippen LogP contribution is 2.39. The minimum atomic E-state index is -0.987. The summed E-state index contributed by atoms with van der Waals surface area (Å²) >= 11 is 2.01. The molecule has 1 aliphatic carbocycles. The van der Waals surface area contributed by atoms with E-state index in [9.17, 15) is 5.11 Å². The van der Waals surface area contributed by atoms with Crippen LogP contribution in [0.2, 0.25) is 0 Å². The number of aliphatic hydroxyl groups is 1. The Morgan fingerprint density at radius 3 is 2.15 bits per heavy atom. The molecule has 146 valence electrons. The van der Waals surface area contributed by atoms with Crippen molar-refractivity contribution >= 4 is 11.8 Å². The zero-order valence-electron chi connectivity index (χ0n) is 16.9. The van der Waals surface area contributed by atoms with Gasteiger partial charge in [-0.15, -0.1) is 11.8 Å². The third-order valence-electron chi connectivity index (χ3n) is 5.72. The van der Waals surface area contributed by atoms with Crippen molar-refractivity contribution in [3.63, 3.8) is 0 Å². The lowest BCUT2D eigenvalue weighted by atomic mass is 9.76. The van der Waals surface area contributed by atoms with Crippen LogP contribution in [0, 0.1) is 5.92 Å². The first-order valence-electron chi connectivity index (χ1n) is 10.2. The predicted octanol–water partition coefficient (Wildman–Crippen LogP) is 5.55. The molecule has 1 saturated carbocycles. The van der Waals surface area contributed by atoms with Gasteiger partial charge in [0.05, 0.1) is 0 Å². The molecule has 0 radical (unpaired) electrons. The number of hydrogen-bond acceptors (Lipinski definition) is 3. The lowest BCUT2D eigenvalue weighted by Crippen LogP contribution is -2.40. The van der Waals surface area contributed by atoms with Crippen LogP contribution in [-0.4, -0.2) is 35.9 Å². The molecular weight excluding hydrogens is 350 g/mol. The molecule has 2 aromatic carbocycles. The van der Waals surface area contributed by atoms with Crippen LogP contribution < -0.4 is 0 Å². The van der Waals surface area contributed by atoms with Gasteiger partial charge in [-0.2, -0.15) is 0 Å². The van der Waals surface area contributed by atoms with Crippen LogP contribution in [0.15, 0.2) is 59.5 Å². The largest absolute Gasteiger partial charge is 0.380 e. The zero-order valence-corrected chi connectivity index (χ0v) is 17.7. The molecule has 2 atom stereocenters. The topological polar surface area (TPSA) is 23.5 Å². The van der Waals surface area contributed by atoms with E-state index < -0.39 is 5.60 Å². The summed E-state index contributed by atoms with van der Waals surface area (Å²) in [6, 6.07) is 18.8. The van der Waals surface area contributed by atoms with Crippen LogP contribution in [0.4, 0.5) is 0 Å². The molecule has 1 N–H and O–H groups in total.